The zero-order chi connectivity index (χ0) is 11.1. The number of unbranched alkanes of at least 4 members (excludes halogenated alkanes) is 1. The Kier molecular flexibility index (Phi) is 5.81. The van der Waals surface area contributed by atoms with Gasteiger partial charge in [-0.15, -0.1) is 11.8 Å². The molecule has 0 amide bonds. The van der Waals surface area contributed by atoms with Crippen molar-refractivity contribution in [1.82, 2.24) is 0 Å². The summed E-state index contributed by atoms with van der Waals surface area (Å²) in [7, 11) is 0. The summed E-state index contributed by atoms with van der Waals surface area (Å²) in [6.45, 7) is 1.64. The maximum atomic E-state index is 10.7. The Labute approximate surface area is 100 Å². The SMILES string of the molecule is CC(=O)CCCCSc1cccc(Cl)c1. The summed E-state index contributed by atoms with van der Waals surface area (Å²) >= 11 is 7.66. The molecule has 0 radical (unpaired) electrons. The van der Waals surface area contributed by atoms with Gasteiger partial charge in [0.25, 0.3) is 0 Å². The molecule has 0 aromatic heterocycles. The van der Waals surface area contributed by atoms with Crippen LogP contribution in [-0.4, -0.2) is 11.5 Å². The molecule has 0 bridgehead atoms. The van der Waals surface area contributed by atoms with Gasteiger partial charge in [0.2, 0.25) is 0 Å². The topological polar surface area (TPSA) is 17.1 Å². The van der Waals surface area contributed by atoms with Crippen LogP contribution in [-0.2, 0) is 4.79 Å². The molecule has 3 heteroatoms. The van der Waals surface area contributed by atoms with E-state index >= 15 is 0 Å². The van der Waals surface area contributed by atoms with Crippen molar-refractivity contribution in [3.8, 4) is 0 Å². The first-order valence-electron chi connectivity index (χ1n) is 5.06. The van der Waals surface area contributed by atoms with Crippen LogP contribution in [0.2, 0.25) is 5.02 Å². The second kappa shape index (κ2) is 6.91. The lowest BCUT2D eigenvalue weighted by Crippen LogP contribution is -1.90. The third-order valence-corrected chi connectivity index (χ3v) is 3.30. The van der Waals surface area contributed by atoms with E-state index in [9.17, 15) is 4.79 Å². The van der Waals surface area contributed by atoms with Crippen molar-refractivity contribution < 1.29 is 4.79 Å². The van der Waals surface area contributed by atoms with E-state index in [0.29, 0.717) is 6.42 Å². The van der Waals surface area contributed by atoms with E-state index in [2.05, 4.69) is 6.07 Å². The van der Waals surface area contributed by atoms with E-state index in [4.69, 9.17) is 11.6 Å². The predicted molar refractivity (Wildman–Crippen MR) is 66.7 cm³/mol. The van der Waals surface area contributed by atoms with Gasteiger partial charge in [-0.3, -0.25) is 0 Å². The highest BCUT2D eigenvalue weighted by Crippen LogP contribution is 2.22. The lowest BCUT2D eigenvalue weighted by molar-refractivity contribution is -0.117. The number of hydrogen-bond donors (Lipinski definition) is 0. The van der Waals surface area contributed by atoms with Gasteiger partial charge in [-0.05, 0) is 43.7 Å². The number of carbonyl (C=O) groups excluding carboxylic acids is 1. The number of thioether (sulfide) groups is 1. The van der Waals surface area contributed by atoms with Crippen molar-refractivity contribution in [2.45, 2.75) is 31.1 Å². The van der Waals surface area contributed by atoms with Crippen LogP contribution in [0.15, 0.2) is 29.2 Å². The number of rotatable bonds is 6. The molecule has 0 N–H and O–H groups in total. The van der Waals surface area contributed by atoms with E-state index in [1.165, 1.54) is 4.90 Å². The van der Waals surface area contributed by atoms with E-state index in [0.717, 1.165) is 23.6 Å². The quantitative estimate of drug-likeness (QED) is 0.550. The number of Topliss-reactive ketones (excluding diaryl/α,β-unsaturated/α-hetero) is 1. The molecule has 0 unspecified atom stereocenters. The predicted octanol–water partition coefficient (Wildman–Crippen LogP) is 4.19. The molecule has 0 heterocycles. The molecule has 0 spiro atoms. The monoisotopic (exact) mass is 242 g/mol. The average Bonchev–Trinajstić information content (AvgIpc) is 2.17. The normalized spacial score (nSPS) is 10.3. The van der Waals surface area contributed by atoms with Crippen LogP contribution in [0.1, 0.15) is 26.2 Å². The standard InChI is InChI=1S/C12H15ClOS/c1-10(14)5-2-3-8-15-12-7-4-6-11(13)9-12/h4,6-7,9H,2-3,5,8H2,1H3. The molecular weight excluding hydrogens is 228 g/mol. The summed E-state index contributed by atoms with van der Waals surface area (Å²) < 4.78 is 0. The molecule has 0 aliphatic carbocycles. The Morgan fingerprint density at radius 3 is 2.87 bits per heavy atom. The molecule has 1 aromatic carbocycles. The first kappa shape index (κ1) is 12.6. The van der Waals surface area contributed by atoms with Gasteiger partial charge < -0.3 is 4.79 Å². The van der Waals surface area contributed by atoms with E-state index in [1.807, 2.05) is 18.2 Å². The largest absolute Gasteiger partial charge is 0.300 e. The fourth-order valence-corrected chi connectivity index (χ4v) is 2.45. The minimum Gasteiger partial charge on any atom is -0.300 e. The summed E-state index contributed by atoms with van der Waals surface area (Å²) in [4.78, 5) is 11.9. The van der Waals surface area contributed by atoms with Crippen molar-refractivity contribution >= 4 is 29.1 Å². The third kappa shape index (κ3) is 5.85. The number of carbonyl (C=O) groups is 1. The summed E-state index contributed by atoms with van der Waals surface area (Å²) in [6, 6.07) is 7.86. The molecule has 1 nitrogen and oxygen atoms in total. The molecule has 0 saturated carbocycles. The fourth-order valence-electron chi connectivity index (χ4n) is 1.22. The molecule has 1 rings (SSSR count). The highest BCUT2D eigenvalue weighted by Gasteiger charge is 1.97. The smallest absolute Gasteiger partial charge is 0.129 e. The number of benzene rings is 1. The van der Waals surface area contributed by atoms with Gasteiger partial charge in [0, 0.05) is 16.3 Å². The van der Waals surface area contributed by atoms with Crippen LogP contribution >= 0.6 is 23.4 Å². The van der Waals surface area contributed by atoms with Crippen molar-refractivity contribution in [2.75, 3.05) is 5.75 Å². The molecule has 0 atom stereocenters. The van der Waals surface area contributed by atoms with E-state index in [1.54, 1.807) is 18.7 Å². The molecule has 82 valence electrons. The molecule has 0 aliphatic rings. The second-order valence-electron chi connectivity index (χ2n) is 3.46. The minimum atomic E-state index is 0.280. The second-order valence-corrected chi connectivity index (χ2v) is 5.07. The Hall–Kier alpha value is -0.470. The lowest BCUT2D eigenvalue weighted by Gasteiger charge is -2.01. The lowest BCUT2D eigenvalue weighted by atomic mass is 10.2. The summed E-state index contributed by atoms with van der Waals surface area (Å²) in [5.41, 5.74) is 0. The van der Waals surface area contributed by atoms with Crippen LogP contribution in [0.5, 0.6) is 0 Å². The van der Waals surface area contributed by atoms with Crippen LogP contribution in [0.25, 0.3) is 0 Å². The Balaban J connectivity index is 2.17. The van der Waals surface area contributed by atoms with E-state index < -0.39 is 0 Å². The first-order chi connectivity index (χ1) is 7.18. The zero-order valence-corrected chi connectivity index (χ0v) is 10.4. The van der Waals surface area contributed by atoms with Gasteiger partial charge >= 0.3 is 0 Å². The van der Waals surface area contributed by atoms with E-state index in [-0.39, 0.29) is 5.78 Å². The fraction of sp³-hybridized carbons (Fsp3) is 0.417. The average molecular weight is 243 g/mol. The van der Waals surface area contributed by atoms with Crippen molar-refractivity contribution in [2.24, 2.45) is 0 Å². The van der Waals surface area contributed by atoms with Crippen LogP contribution in [0, 0.1) is 0 Å². The van der Waals surface area contributed by atoms with Crippen molar-refractivity contribution in [3.05, 3.63) is 29.3 Å². The molecule has 0 saturated heterocycles. The molecule has 0 fully saturated rings. The zero-order valence-electron chi connectivity index (χ0n) is 8.83. The van der Waals surface area contributed by atoms with Gasteiger partial charge in [-0.25, -0.2) is 0 Å². The Bertz CT molecular complexity index is 325. The van der Waals surface area contributed by atoms with Gasteiger partial charge in [0.15, 0.2) is 0 Å². The van der Waals surface area contributed by atoms with Crippen LogP contribution in [0.3, 0.4) is 0 Å². The molecule has 0 aliphatic heterocycles. The molecule has 1 aromatic rings. The van der Waals surface area contributed by atoms with Crippen LogP contribution in [0.4, 0.5) is 0 Å². The third-order valence-electron chi connectivity index (χ3n) is 1.99. The first-order valence-corrected chi connectivity index (χ1v) is 6.42. The van der Waals surface area contributed by atoms with Crippen molar-refractivity contribution in [1.29, 1.82) is 0 Å². The van der Waals surface area contributed by atoms with Gasteiger partial charge in [0.1, 0.15) is 5.78 Å². The molecular formula is C12H15ClOS. The van der Waals surface area contributed by atoms with Crippen molar-refractivity contribution in [3.63, 3.8) is 0 Å². The maximum absolute atomic E-state index is 10.7. The highest BCUT2D eigenvalue weighted by molar-refractivity contribution is 7.99. The van der Waals surface area contributed by atoms with Gasteiger partial charge in [-0.2, -0.15) is 0 Å². The number of hydrogen-bond acceptors (Lipinski definition) is 2. The van der Waals surface area contributed by atoms with Crippen LogP contribution < -0.4 is 0 Å². The number of ketones is 1. The Morgan fingerprint density at radius 2 is 2.20 bits per heavy atom. The van der Waals surface area contributed by atoms with Gasteiger partial charge in [0.05, 0.1) is 0 Å². The molecule has 15 heavy (non-hydrogen) atoms. The summed E-state index contributed by atoms with van der Waals surface area (Å²) in [6.07, 6.45) is 2.77. The minimum absolute atomic E-state index is 0.280. The summed E-state index contributed by atoms with van der Waals surface area (Å²) in [5, 5.41) is 0.781. The summed E-state index contributed by atoms with van der Waals surface area (Å²) in [5.74, 6) is 1.33. The Morgan fingerprint density at radius 1 is 1.40 bits per heavy atom. The van der Waals surface area contributed by atoms with Gasteiger partial charge in [-0.1, -0.05) is 17.7 Å². The maximum Gasteiger partial charge on any atom is 0.129 e. The highest BCUT2D eigenvalue weighted by atomic mass is 35.5. The number of halogens is 1.